The second-order valence-electron chi connectivity index (χ2n) is 12.9. The number of rotatable bonds is 6. The van der Waals surface area contributed by atoms with Crippen molar-refractivity contribution in [1.29, 1.82) is 0 Å². The molecule has 0 bridgehead atoms. The second kappa shape index (κ2) is 11.6. The van der Waals surface area contributed by atoms with Crippen LogP contribution in [0.4, 0.5) is 13.2 Å². The molecule has 7 nitrogen and oxygen atoms in total. The SMILES string of the molecule is CCCN1C(=O)C2CC=C3C(CC4C(=O)C(c5ccccc5)=CC(=O)C4(c4ccccc4)C3c3cc(OC(F)(F)F)ccc3O)C2C1=O. The molecule has 7 rings (SSSR count). The minimum Gasteiger partial charge on any atom is -0.508 e. The molecule has 1 saturated carbocycles. The van der Waals surface area contributed by atoms with Crippen LogP contribution in [0.1, 0.15) is 48.8 Å². The Morgan fingerprint density at radius 2 is 1.60 bits per heavy atom. The van der Waals surface area contributed by atoms with Gasteiger partial charge in [0.1, 0.15) is 11.5 Å². The Balaban J connectivity index is 1.51. The van der Waals surface area contributed by atoms with E-state index in [0.717, 1.165) is 18.2 Å². The molecular formula is C38H32F3NO6. The molecule has 1 saturated heterocycles. The lowest BCUT2D eigenvalue weighted by Crippen LogP contribution is -2.58. The lowest BCUT2D eigenvalue weighted by Gasteiger charge is -2.55. The van der Waals surface area contributed by atoms with Crippen LogP contribution in [-0.4, -0.2) is 46.3 Å². The number of likely N-dealkylation sites (tertiary alicyclic amines) is 1. The number of imide groups is 1. The van der Waals surface area contributed by atoms with Gasteiger partial charge in [0, 0.05) is 29.5 Å². The predicted molar refractivity (Wildman–Crippen MR) is 168 cm³/mol. The second-order valence-corrected chi connectivity index (χ2v) is 12.9. The molecule has 10 heteroatoms. The fraction of sp³-hybridized carbons (Fsp3) is 0.316. The normalized spacial score (nSPS) is 28.3. The summed E-state index contributed by atoms with van der Waals surface area (Å²) in [6.45, 7) is 2.10. The largest absolute Gasteiger partial charge is 0.573 e. The van der Waals surface area contributed by atoms with Crippen molar-refractivity contribution in [2.75, 3.05) is 6.54 Å². The van der Waals surface area contributed by atoms with Crippen LogP contribution in [0.25, 0.3) is 5.57 Å². The summed E-state index contributed by atoms with van der Waals surface area (Å²) in [6.07, 6.45) is -1.17. The Morgan fingerprint density at radius 3 is 2.27 bits per heavy atom. The Kier molecular flexibility index (Phi) is 7.64. The zero-order valence-corrected chi connectivity index (χ0v) is 25.9. The van der Waals surface area contributed by atoms with Crippen molar-refractivity contribution in [3.05, 3.63) is 113 Å². The number of hydrogen-bond donors (Lipinski definition) is 1. The molecule has 3 aromatic rings. The lowest BCUT2D eigenvalue weighted by atomic mass is 9.44. The van der Waals surface area contributed by atoms with Gasteiger partial charge in [0.25, 0.3) is 0 Å². The van der Waals surface area contributed by atoms with Crippen molar-refractivity contribution in [2.45, 2.75) is 43.9 Å². The first-order chi connectivity index (χ1) is 23.0. The van der Waals surface area contributed by atoms with Crippen LogP contribution in [0.15, 0.2) is 96.6 Å². The number of amides is 2. The number of allylic oxidation sites excluding steroid dienone is 4. The molecule has 6 unspecified atom stereocenters. The highest BCUT2D eigenvalue weighted by Crippen LogP contribution is 2.64. The first-order valence-corrected chi connectivity index (χ1v) is 16.0. The van der Waals surface area contributed by atoms with Gasteiger partial charge in [-0.1, -0.05) is 79.2 Å². The van der Waals surface area contributed by atoms with Crippen LogP contribution in [0.2, 0.25) is 0 Å². The zero-order chi connectivity index (χ0) is 34.0. The topological polar surface area (TPSA) is 101 Å². The van der Waals surface area contributed by atoms with Crippen LogP contribution in [0.3, 0.4) is 0 Å². The van der Waals surface area contributed by atoms with E-state index < -0.39 is 58.6 Å². The summed E-state index contributed by atoms with van der Waals surface area (Å²) in [6, 6.07) is 20.4. The van der Waals surface area contributed by atoms with E-state index in [1.165, 1.54) is 11.0 Å². The minimum atomic E-state index is -5.04. The highest BCUT2D eigenvalue weighted by Gasteiger charge is 2.66. The number of ketones is 2. The minimum absolute atomic E-state index is 0.0418. The third-order valence-electron chi connectivity index (χ3n) is 10.5. The maximum absolute atomic E-state index is 15.0. The van der Waals surface area contributed by atoms with E-state index in [2.05, 4.69) is 4.74 Å². The van der Waals surface area contributed by atoms with Crippen molar-refractivity contribution < 1.29 is 42.2 Å². The molecule has 6 atom stereocenters. The van der Waals surface area contributed by atoms with Gasteiger partial charge >= 0.3 is 6.36 Å². The van der Waals surface area contributed by atoms with E-state index in [9.17, 15) is 37.5 Å². The number of phenols is 1. The molecule has 3 aliphatic carbocycles. The molecule has 0 spiro atoms. The summed E-state index contributed by atoms with van der Waals surface area (Å²) in [5.41, 5.74) is -0.0364. The molecule has 1 heterocycles. The molecule has 3 aromatic carbocycles. The maximum atomic E-state index is 15.0. The summed E-state index contributed by atoms with van der Waals surface area (Å²) < 4.78 is 44.6. The summed E-state index contributed by atoms with van der Waals surface area (Å²) in [5.74, 6) is -6.93. The Morgan fingerprint density at radius 1 is 0.917 bits per heavy atom. The third kappa shape index (κ3) is 4.79. The number of hydrogen-bond acceptors (Lipinski definition) is 6. The number of benzene rings is 3. The molecule has 2 amide bonds. The smallest absolute Gasteiger partial charge is 0.508 e. The van der Waals surface area contributed by atoms with Crippen molar-refractivity contribution in [2.24, 2.45) is 23.7 Å². The van der Waals surface area contributed by atoms with Crippen molar-refractivity contribution in [1.82, 2.24) is 4.90 Å². The zero-order valence-electron chi connectivity index (χ0n) is 25.9. The maximum Gasteiger partial charge on any atom is 0.573 e. The van der Waals surface area contributed by atoms with E-state index in [4.69, 9.17) is 0 Å². The van der Waals surface area contributed by atoms with Crippen LogP contribution in [0.5, 0.6) is 11.5 Å². The number of aromatic hydroxyl groups is 1. The van der Waals surface area contributed by atoms with Crippen LogP contribution < -0.4 is 4.74 Å². The van der Waals surface area contributed by atoms with E-state index in [-0.39, 0.29) is 48.1 Å². The van der Waals surface area contributed by atoms with Gasteiger partial charge in [-0.3, -0.25) is 24.1 Å². The summed E-state index contributed by atoms with van der Waals surface area (Å²) in [5, 5.41) is 11.4. The van der Waals surface area contributed by atoms with E-state index in [1.807, 2.05) is 6.92 Å². The molecule has 246 valence electrons. The van der Waals surface area contributed by atoms with Gasteiger partial charge < -0.3 is 9.84 Å². The lowest BCUT2D eigenvalue weighted by molar-refractivity contribution is -0.274. The van der Waals surface area contributed by atoms with Gasteiger partial charge in [-0.15, -0.1) is 13.2 Å². The number of carbonyl (C=O) groups is 4. The van der Waals surface area contributed by atoms with Gasteiger partial charge in [0.05, 0.1) is 17.3 Å². The predicted octanol–water partition coefficient (Wildman–Crippen LogP) is 6.53. The van der Waals surface area contributed by atoms with Crippen LogP contribution >= 0.6 is 0 Å². The average Bonchev–Trinajstić information content (AvgIpc) is 3.31. The fourth-order valence-electron chi connectivity index (χ4n) is 8.69. The molecular weight excluding hydrogens is 623 g/mol. The molecule has 0 radical (unpaired) electrons. The Bertz CT molecular complexity index is 1880. The van der Waals surface area contributed by atoms with Crippen molar-refractivity contribution in [3.8, 4) is 11.5 Å². The molecule has 1 aliphatic heterocycles. The summed E-state index contributed by atoms with van der Waals surface area (Å²) in [4.78, 5) is 58.5. The Hall–Kier alpha value is -4.99. The summed E-state index contributed by atoms with van der Waals surface area (Å²) >= 11 is 0. The fourth-order valence-corrected chi connectivity index (χ4v) is 8.69. The van der Waals surface area contributed by atoms with Gasteiger partial charge in [-0.2, -0.15) is 0 Å². The standard InChI is InChI=1S/C38H32F3NO6/c1-2-17-42-35(46)25-15-14-24-27(32(25)36(42)47)19-29-34(45)26(21-9-5-3-6-10-21)20-31(44)37(29,22-11-7-4-8-12-22)33(24)28-18-23(13-16-30(28)43)48-38(39,40)41/h3-14,16,18,20,25,27,29,32-33,43H,2,15,17,19H2,1H3. The number of alkyl halides is 3. The molecule has 4 aliphatic rings. The number of nitrogens with zero attached hydrogens (tertiary/aromatic N) is 1. The van der Waals surface area contributed by atoms with E-state index in [0.29, 0.717) is 23.1 Å². The first kappa shape index (κ1) is 31.6. The summed E-state index contributed by atoms with van der Waals surface area (Å²) in [7, 11) is 0. The molecule has 1 N–H and O–H groups in total. The monoisotopic (exact) mass is 655 g/mol. The van der Waals surface area contributed by atoms with Gasteiger partial charge in [0.2, 0.25) is 11.8 Å². The molecule has 2 fully saturated rings. The highest BCUT2D eigenvalue weighted by atomic mass is 19.4. The quantitative estimate of drug-likeness (QED) is 0.240. The average molecular weight is 656 g/mol. The van der Waals surface area contributed by atoms with Gasteiger partial charge in [-0.05, 0) is 60.6 Å². The number of phenolic OH excluding ortho intramolecular Hbond substituents is 1. The third-order valence-corrected chi connectivity index (χ3v) is 10.5. The molecule has 0 aromatic heterocycles. The van der Waals surface area contributed by atoms with Gasteiger partial charge in [-0.25, -0.2) is 0 Å². The molecule has 48 heavy (non-hydrogen) atoms. The van der Waals surface area contributed by atoms with Crippen LogP contribution in [-0.2, 0) is 24.6 Å². The van der Waals surface area contributed by atoms with Crippen LogP contribution in [0, 0.1) is 23.7 Å². The van der Waals surface area contributed by atoms with Gasteiger partial charge in [0.15, 0.2) is 11.6 Å². The van der Waals surface area contributed by atoms with Crippen molar-refractivity contribution in [3.63, 3.8) is 0 Å². The number of ether oxygens (including phenoxy) is 1. The van der Waals surface area contributed by atoms with Crippen molar-refractivity contribution >= 4 is 29.0 Å². The first-order valence-electron chi connectivity index (χ1n) is 16.0. The number of carbonyl (C=O) groups excluding carboxylic acids is 4. The van der Waals surface area contributed by atoms with E-state index in [1.54, 1.807) is 66.7 Å². The number of Topliss-reactive ketones (excluding diaryl/α,β-unsaturated/α-hetero) is 1. The number of halogens is 3. The van der Waals surface area contributed by atoms with E-state index >= 15 is 0 Å². The Labute approximate surface area is 274 Å². The number of fused-ring (bicyclic) bond motifs is 4. The highest BCUT2D eigenvalue weighted by molar-refractivity contribution is 6.31.